The Hall–Kier alpha value is -3.43. The van der Waals surface area contributed by atoms with Gasteiger partial charge in [-0.3, -0.25) is 0 Å². The van der Waals surface area contributed by atoms with Crippen molar-refractivity contribution in [3.8, 4) is 22.1 Å². The largest absolute Gasteiger partial charge is 0.494 e. The van der Waals surface area contributed by atoms with Crippen molar-refractivity contribution in [2.45, 2.75) is 32.2 Å². The van der Waals surface area contributed by atoms with Crippen molar-refractivity contribution < 1.29 is 14.6 Å². The SMILES string of the molecule is COc1cccc(OC)c1Nc1nc(C)c(-c2nc3ccccc3s2)c(NC2CCC(CO)C2)n1. The van der Waals surface area contributed by atoms with Gasteiger partial charge in [-0.2, -0.15) is 4.98 Å². The van der Waals surface area contributed by atoms with Gasteiger partial charge in [0.25, 0.3) is 0 Å². The normalized spacial score (nSPS) is 17.5. The van der Waals surface area contributed by atoms with Crippen molar-refractivity contribution >= 4 is 39.0 Å². The average molecular weight is 492 g/mol. The van der Waals surface area contributed by atoms with Crippen LogP contribution in [0.5, 0.6) is 11.5 Å². The number of nitrogens with zero attached hydrogens (tertiary/aromatic N) is 3. The van der Waals surface area contributed by atoms with E-state index in [0.29, 0.717) is 29.1 Å². The van der Waals surface area contributed by atoms with E-state index in [1.165, 1.54) is 0 Å². The second kappa shape index (κ2) is 10.1. The Labute approximate surface area is 208 Å². The number of anilines is 3. The quantitative estimate of drug-likeness (QED) is 0.301. The number of aliphatic hydroxyl groups is 1. The van der Waals surface area contributed by atoms with Crippen LogP contribution in [0, 0.1) is 12.8 Å². The number of hydrogen-bond acceptors (Lipinski definition) is 9. The molecule has 182 valence electrons. The zero-order valence-corrected chi connectivity index (χ0v) is 20.9. The summed E-state index contributed by atoms with van der Waals surface area (Å²) in [4.78, 5) is 14.6. The van der Waals surface area contributed by atoms with Gasteiger partial charge in [0.15, 0.2) is 0 Å². The van der Waals surface area contributed by atoms with Crippen molar-refractivity contribution in [3.05, 3.63) is 48.2 Å². The van der Waals surface area contributed by atoms with Crippen molar-refractivity contribution in [3.63, 3.8) is 0 Å². The summed E-state index contributed by atoms with van der Waals surface area (Å²) < 4.78 is 12.2. The second-order valence-corrected chi connectivity index (χ2v) is 9.74. The molecule has 0 saturated heterocycles. The molecule has 1 saturated carbocycles. The highest BCUT2D eigenvalue weighted by Gasteiger charge is 2.27. The molecule has 2 unspecified atom stereocenters. The molecule has 0 spiro atoms. The second-order valence-electron chi connectivity index (χ2n) is 8.71. The van der Waals surface area contributed by atoms with Gasteiger partial charge in [0, 0.05) is 12.6 Å². The Morgan fingerprint density at radius 2 is 1.77 bits per heavy atom. The Kier molecular flexibility index (Phi) is 6.70. The molecule has 2 heterocycles. The Balaban J connectivity index is 1.57. The lowest BCUT2D eigenvalue weighted by molar-refractivity contribution is 0.229. The third kappa shape index (κ3) is 4.74. The van der Waals surface area contributed by atoms with E-state index in [-0.39, 0.29) is 12.6 Å². The first-order valence-corrected chi connectivity index (χ1v) is 12.5. The Morgan fingerprint density at radius 1 is 1.00 bits per heavy atom. The Bertz CT molecular complexity index is 1290. The minimum Gasteiger partial charge on any atom is -0.494 e. The maximum absolute atomic E-state index is 9.62. The van der Waals surface area contributed by atoms with Gasteiger partial charge < -0.3 is 25.2 Å². The lowest BCUT2D eigenvalue weighted by atomic mass is 10.1. The van der Waals surface area contributed by atoms with Crippen LogP contribution in [0.1, 0.15) is 25.0 Å². The van der Waals surface area contributed by atoms with E-state index < -0.39 is 0 Å². The summed E-state index contributed by atoms with van der Waals surface area (Å²) in [5.74, 6) is 2.76. The molecule has 5 rings (SSSR count). The van der Waals surface area contributed by atoms with Crippen LogP contribution < -0.4 is 20.1 Å². The van der Waals surface area contributed by atoms with E-state index in [0.717, 1.165) is 51.6 Å². The van der Waals surface area contributed by atoms with Gasteiger partial charge in [-0.15, -0.1) is 11.3 Å². The zero-order valence-electron chi connectivity index (χ0n) is 20.0. The molecule has 1 aliphatic carbocycles. The van der Waals surface area contributed by atoms with Crippen LogP contribution in [0.3, 0.4) is 0 Å². The van der Waals surface area contributed by atoms with Crippen molar-refractivity contribution in [1.29, 1.82) is 0 Å². The molecule has 1 fully saturated rings. The number of methoxy groups -OCH3 is 2. The average Bonchev–Trinajstić information content (AvgIpc) is 3.50. The topological polar surface area (TPSA) is 101 Å². The molecule has 35 heavy (non-hydrogen) atoms. The summed E-state index contributed by atoms with van der Waals surface area (Å²) in [6.45, 7) is 2.19. The highest BCUT2D eigenvalue weighted by atomic mass is 32.1. The van der Waals surface area contributed by atoms with Gasteiger partial charge in [-0.05, 0) is 56.4 Å². The fraction of sp³-hybridized carbons (Fsp3) is 0.346. The number of fused-ring (bicyclic) bond motifs is 1. The van der Waals surface area contributed by atoms with E-state index >= 15 is 0 Å². The van der Waals surface area contributed by atoms with Crippen LogP contribution in [0.4, 0.5) is 17.5 Å². The minimum atomic E-state index is 0.214. The number of ether oxygens (including phenoxy) is 2. The molecule has 0 bridgehead atoms. The third-order valence-corrected chi connectivity index (χ3v) is 7.46. The van der Waals surface area contributed by atoms with E-state index in [9.17, 15) is 5.11 Å². The molecule has 8 nitrogen and oxygen atoms in total. The molecule has 1 aliphatic rings. The van der Waals surface area contributed by atoms with Crippen molar-refractivity contribution in [2.75, 3.05) is 31.5 Å². The van der Waals surface area contributed by atoms with E-state index in [1.54, 1.807) is 25.6 Å². The van der Waals surface area contributed by atoms with Crippen LogP contribution >= 0.6 is 11.3 Å². The zero-order chi connectivity index (χ0) is 24.4. The maximum atomic E-state index is 9.62. The first kappa shape index (κ1) is 23.3. The first-order chi connectivity index (χ1) is 17.1. The van der Waals surface area contributed by atoms with Crippen LogP contribution in [-0.2, 0) is 0 Å². The number of thiazole rings is 1. The summed E-state index contributed by atoms with van der Waals surface area (Å²) in [5.41, 5.74) is 3.34. The van der Waals surface area contributed by atoms with Gasteiger partial charge in [0.05, 0.1) is 35.7 Å². The molecule has 0 aliphatic heterocycles. The number of hydrogen-bond donors (Lipinski definition) is 3. The monoisotopic (exact) mass is 491 g/mol. The number of benzene rings is 2. The predicted octanol–water partition coefficient (Wildman–Crippen LogP) is 5.40. The highest BCUT2D eigenvalue weighted by Crippen LogP contribution is 2.40. The molecule has 0 amide bonds. The molecule has 2 aromatic heterocycles. The van der Waals surface area contributed by atoms with Crippen LogP contribution in [0.2, 0.25) is 0 Å². The van der Waals surface area contributed by atoms with Gasteiger partial charge in [0.2, 0.25) is 5.95 Å². The van der Waals surface area contributed by atoms with Gasteiger partial charge in [0.1, 0.15) is 28.0 Å². The predicted molar refractivity (Wildman–Crippen MR) is 140 cm³/mol. The number of aliphatic hydroxyl groups excluding tert-OH is 1. The first-order valence-electron chi connectivity index (χ1n) is 11.7. The van der Waals surface area contributed by atoms with Crippen molar-refractivity contribution in [2.24, 2.45) is 5.92 Å². The maximum Gasteiger partial charge on any atom is 0.229 e. The summed E-state index contributed by atoms with van der Waals surface area (Å²) in [7, 11) is 3.24. The van der Waals surface area contributed by atoms with Crippen molar-refractivity contribution in [1.82, 2.24) is 15.0 Å². The van der Waals surface area contributed by atoms with E-state index in [2.05, 4.69) is 16.7 Å². The molecule has 2 atom stereocenters. The molecule has 9 heteroatoms. The summed E-state index contributed by atoms with van der Waals surface area (Å²) in [6, 6.07) is 13.9. The fourth-order valence-electron chi connectivity index (χ4n) is 4.62. The fourth-order valence-corrected chi connectivity index (χ4v) is 5.68. The number of para-hydroxylation sites is 2. The van der Waals surface area contributed by atoms with Crippen LogP contribution in [0.25, 0.3) is 20.8 Å². The molecular weight excluding hydrogens is 462 g/mol. The smallest absolute Gasteiger partial charge is 0.229 e. The number of aryl methyl sites for hydroxylation is 1. The molecule has 0 radical (unpaired) electrons. The number of nitrogens with one attached hydrogen (secondary N) is 2. The molecule has 4 aromatic rings. The van der Waals surface area contributed by atoms with Crippen LogP contribution in [0.15, 0.2) is 42.5 Å². The summed E-state index contributed by atoms with van der Waals surface area (Å²) >= 11 is 1.63. The van der Waals surface area contributed by atoms with Gasteiger partial charge >= 0.3 is 0 Å². The lowest BCUT2D eigenvalue weighted by Gasteiger charge is -2.19. The van der Waals surface area contributed by atoms with Crippen LogP contribution in [-0.4, -0.2) is 46.9 Å². The summed E-state index contributed by atoms with van der Waals surface area (Å²) in [6.07, 6.45) is 2.89. The third-order valence-electron chi connectivity index (χ3n) is 6.40. The molecular formula is C26H29N5O3S. The molecule has 2 aromatic carbocycles. The minimum absolute atomic E-state index is 0.214. The lowest BCUT2D eigenvalue weighted by Crippen LogP contribution is -2.19. The summed E-state index contributed by atoms with van der Waals surface area (Å²) in [5, 5.41) is 17.4. The Morgan fingerprint density at radius 3 is 2.46 bits per heavy atom. The van der Waals surface area contributed by atoms with Gasteiger partial charge in [-0.25, -0.2) is 9.97 Å². The number of rotatable bonds is 8. The highest BCUT2D eigenvalue weighted by molar-refractivity contribution is 7.21. The standard InChI is InChI=1S/C26H29N5O3S/c1-15-22(25-29-18-7-4-5-10-21(18)35-25)24(28-17-12-11-16(13-17)14-32)31-26(27-15)30-23-19(33-2)8-6-9-20(23)34-3/h4-10,16-17,32H,11-14H2,1-3H3,(H2,27,28,30,31). The number of aromatic nitrogens is 3. The van der Waals surface area contributed by atoms with Gasteiger partial charge in [-0.1, -0.05) is 18.2 Å². The van der Waals surface area contributed by atoms with E-state index in [1.807, 2.05) is 43.3 Å². The molecule has 3 N–H and O–H groups in total. The van der Waals surface area contributed by atoms with E-state index in [4.69, 9.17) is 24.4 Å².